The first-order chi connectivity index (χ1) is 16.0. The van der Waals surface area contributed by atoms with Crippen molar-refractivity contribution in [2.24, 2.45) is 0 Å². The van der Waals surface area contributed by atoms with Gasteiger partial charge in [-0.15, -0.1) is 0 Å². The molecule has 0 saturated carbocycles. The number of hydrogen-bond donors (Lipinski definition) is 2. The number of hydrogen-bond acceptors (Lipinski definition) is 6. The molecule has 6 nitrogen and oxygen atoms in total. The molecular formula is C28H32N2O4. The zero-order valence-electron chi connectivity index (χ0n) is 20.6. The van der Waals surface area contributed by atoms with Crippen LogP contribution in [0.2, 0.25) is 0 Å². The smallest absolute Gasteiger partial charge is 0.239 e. The maximum Gasteiger partial charge on any atom is 0.239 e. The summed E-state index contributed by atoms with van der Waals surface area (Å²) in [6, 6.07) is 22.3. The van der Waals surface area contributed by atoms with Crippen LogP contribution in [-0.2, 0) is 10.2 Å². The molecule has 0 unspecified atom stereocenters. The van der Waals surface area contributed by atoms with E-state index in [1.807, 2.05) is 55.5 Å². The van der Waals surface area contributed by atoms with Crippen LogP contribution in [0.3, 0.4) is 0 Å². The van der Waals surface area contributed by atoms with Gasteiger partial charge in [0, 0.05) is 30.6 Å². The normalized spacial score (nSPS) is 15.0. The molecule has 3 aromatic carbocycles. The van der Waals surface area contributed by atoms with Crippen LogP contribution in [0.5, 0.6) is 17.2 Å². The SMILES string of the molecule is COC(C)(C)C(C)(C)c1ccc(C(=O)c2ccc(Oc3ccc(OC4(C)NN4)cc3)cc2)cc1. The molecule has 0 bridgehead atoms. The van der Waals surface area contributed by atoms with Crippen molar-refractivity contribution >= 4 is 5.78 Å². The molecule has 34 heavy (non-hydrogen) atoms. The molecule has 1 saturated heterocycles. The lowest BCUT2D eigenvalue weighted by atomic mass is 9.71. The first kappa shape index (κ1) is 24.0. The van der Waals surface area contributed by atoms with E-state index >= 15 is 0 Å². The first-order valence-electron chi connectivity index (χ1n) is 11.3. The van der Waals surface area contributed by atoms with Crippen molar-refractivity contribution in [2.75, 3.05) is 7.11 Å². The average Bonchev–Trinajstić information content (AvgIpc) is 3.56. The average molecular weight is 461 g/mol. The molecule has 0 radical (unpaired) electrons. The number of carbonyl (C=O) groups is 1. The van der Waals surface area contributed by atoms with Gasteiger partial charge in [-0.2, -0.15) is 10.9 Å². The lowest BCUT2D eigenvalue weighted by Crippen LogP contribution is -2.44. The van der Waals surface area contributed by atoms with E-state index in [2.05, 4.69) is 38.5 Å². The van der Waals surface area contributed by atoms with Crippen LogP contribution in [0, 0.1) is 0 Å². The van der Waals surface area contributed by atoms with Gasteiger partial charge in [0.1, 0.15) is 17.2 Å². The maximum atomic E-state index is 13.0. The van der Waals surface area contributed by atoms with E-state index < -0.39 is 5.85 Å². The predicted octanol–water partition coefficient (Wildman–Crippen LogP) is 5.57. The Hall–Kier alpha value is -3.19. The van der Waals surface area contributed by atoms with Crippen LogP contribution in [-0.4, -0.2) is 24.3 Å². The second-order valence-corrected chi connectivity index (χ2v) is 9.73. The summed E-state index contributed by atoms with van der Waals surface area (Å²) in [7, 11) is 1.72. The standard InChI is InChI=1S/C28H32N2O4/c1-26(2,27(3,4)32-6)21-11-7-19(8-12-21)25(31)20-9-13-22(14-10-20)33-23-15-17-24(18-16-23)34-28(5)29-30-28/h7-18,29-30H,1-6H3. The van der Waals surface area contributed by atoms with Gasteiger partial charge in [-0.1, -0.05) is 38.1 Å². The van der Waals surface area contributed by atoms with Crippen molar-refractivity contribution in [1.82, 2.24) is 10.9 Å². The quantitative estimate of drug-likeness (QED) is 0.320. The highest BCUT2D eigenvalue weighted by Gasteiger charge is 2.39. The summed E-state index contributed by atoms with van der Waals surface area (Å²) in [6.45, 7) is 10.3. The van der Waals surface area contributed by atoms with E-state index in [0.717, 1.165) is 11.3 Å². The Kier molecular flexibility index (Phi) is 6.25. The molecule has 3 aromatic rings. The Bertz CT molecular complexity index is 1150. The Labute approximate surface area is 201 Å². The van der Waals surface area contributed by atoms with Crippen molar-refractivity contribution in [3.05, 3.63) is 89.5 Å². The molecule has 0 spiro atoms. The lowest BCUT2D eigenvalue weighted by Gasteiger charge is -2.41. The van der Waals surface area contributed by atoms with Crippen LogP contribution < -0.4 is 20.3 Å². The van der Waals surface area contributed by atoms with Gasteiger partial charge in [0.15, 0.2) is 5.78 Å². The van der Waals surface area contributed by atoms with Crippen molar-refractivity contribution in [3.63, 3.8) is 0 Å². The lowest BCUT2D eigenvalue weighted by molar-refractivity contribution is -0.0341. The highest BCUT2D eigenvalue weighted by molar-refractivity contribution is 6.09. The van der Waals surface area contributed by atoms with Gasteiger partial charge in [0.25, 0.3) is 0 Å². The third kappa shape index (κ3) is 4.99. The van der Waals surface area contributed by atoms with E-state index in [1.54, 1.807) is 31.4 Å². The number of carbonyl (C=O) groups excluding carboxylic acids is 1. The van der Waals surface area contributed by atoms with Gasteiger partial charge < -0.3 is 14.2 Å². The summed E-state index contributed by atoms with van der Waals surface area (Å²) in [5.41, 5.74) is 7.66. The molecule has 178 valence electrons. The molecule has 6 heteroatoms. The highest BCUT2D eigenvalue weighted by Crippen LogP contribution is 2.37. The largest absolute Gasteiger partial charge is 0.457 e. The minimum atomic E-state index is -0.498. The third-order valence-electron chi connectivity index (χ3n) is 6.86. The molecule has 1 fully saturated rings. The second kappa shape index (κ2) is 8.87. The number of rotatable bonds is 9. The number of ketones is 1. The van der Waals surface area contributed by atoms with Gasteiger partial charge in [0.2, 0.25) is 5.85 Å². The van der Waals surface area contributed by atoms with Crippen LogP contribution in [0.25, 0.3) is 0 Å². The van der Waals surface area contributed by atoms with Gasteiger partial charge >= 0.3 is 0 Å². The van der Waals surface area contributed by atoms with E-state index in [-0.39, 0.29) is 16.8 Å². The molecule has 4 rings (SSSR count). The number of methoxy groups -OCH3 is 1. The predicted molar refractivity (Wildman–Crippen MR) is 132 cm³/mol. The minimum absolute atomic E-state index is 0.0285. The summed E-state index contributed by atoms with van der Waals surface area (Å²) >= 11 is 0. The Morgan fingerprint density at radius 2 is 1.18 bits per heavy atom. The van der Waals surface area contributed by atoms with E-state index in [9.17, 15) is 4.79 Å². The summed E-state index contributed by atoms with van der Waals surface area (Å²) in [5, 5.41) is 0. The minimum Gasteiger partial charge on any atom is -0.457 e. The molecule has 0 atom stereocenters. The van der Waals surface area contributed by atoms with Gasteiger partial charge in [-0.25, -0.2) is 0 Å². The van der Waals surface area contributed by atoms with E-state index in [0.29, 0.717) is 22.6 Å². The molecule has 1 aliphatic rings. The van der Waals surface area contributed by atoms with Crippen LogP contribution in [0.1, 0.15) is 56.1 Å². The van der Waals surface area contributed by atoms with Gasteiger partial charge in [-0.05, 0) is 67.9 Å². The molecule has 0 amide bonds. The number of benzene rings is 3. The topological polar surface area (TPSA) is 88.6 Å². The number of hydrazine groups is 1. The van der Waals surface area contributed by atoms with E-state index in [1.165, 1.54) is 0 Å². The first-order valence-corrected chi connectivity index (χ1v) is 11.3. The zero-order valence-corrected chi connectivity index (χ0v) is 20.6. The molecule has 2 N–H and O–H groups in total. The maximum absolute atomic E-state index is 13.0. The summed E-state index contributed by atoms with van der Waals surface area (Å²) < 4.78 is 17.3. The Morgan fingerprint density at radius 3 is 1.65 bits per heavy atom. The van der Waals surface area contributed by atoms with E-state index in [4.69, 9.17) is 14.2 Å². The summed E-state index contributed by atoms with van der Waals surface area (Å²) in [4.78, 5) is 13.0. The van der Waals surface area contributed by atoms with Crippen molar-refractivity contribution in [1.29, 1.82) is 0 Å². The van der Waals surface area contributed by atoms with Crippen LogP contribution >= 0.6 is 0 Å². The van der Waals surface area contributed by atoms with Crippen LogP contribution in [0.4, 0.5) is 0 Å². The Morgan fingerprint density at radius 1 is 0.735 bits per heavy atom. The molecule has 0 aromatic heterocycles. The summed E-state index contributed by atoms with van der Waals surface area (Å²) in [6.07, 6.45) is 0. The number of nitrogens with one attached hydrogen (secondary N) is 2. The fraction of sp³-hybridized carbons (Fsp3) is 0.321. The molecular weight excluding hydrogens is 428 g/mol. The monoisotopic (exact) mass is 460 g/mol. The molecule has 0 aliphatic carbocycles. The van der Waals surface area contributed by atoms with Crippen molar-refractivity contribution in [2.45, 2.75) is 51.5 Å². The van der Waals surface area contributed by atoms with Crippen LogP contribution in [0.15, 0.2) is 72.8 Å². The molecule has 1 heterocycles. The third-order valence-corrected chi connectivity index (χ3v) is 6.86. The fourth-order valence-electron chi connectivity index (χ4n) is 3.57. The van der Waals surface area contributed by atoms with Crippen molar-refractivity contribution < 1.29 is 19.0 Å². The highest BCUT2D eigenvalue weighted by atomic mass is 16.6. The summed E-state index contributed by atoms with van der Waals surface area (Å²) in [5.74, 6) is 1.54. The second-order valence-electron chi connectivity index (χ2n) is 9.73. The zero-order chi connectivity index (χ0) is 24.6. The fourth-order valence-corrected chi connectivity index (χ4v) is 3.57. The van der Waals surface area contributed by atoms with Crippen molar-refractivity contribution in [3.8, 4) is 17.2 Å². The number of ether oxygens (including phenoxy) is 3. The van der Waals surface area contributed by atoms with Gasteiger partial charge in [0.05, 0.1) is 5.60 Å². The Balaban J connectivity index is 1.41. The molecule has 1 aliphatic heterocycles. The van der Waals surface area contributed by atoms with Gasteiger partial charge in [-0.3, -0.25) is 4.79 Å².